The lowest BCUT2D eigenvalue weighted by atomic mass is 10.1. The molecule has 1 aromatic heterocycles. The fraction of sp³-hybridized carbons (Fsp3) is 0.389. The molecule has 1 amide bonds. The third kappa shape index (κ3) is 5.29. The van der Waals surface area contributed by atoms with E-state index in [2.05, 4.69) is 21.3 Å². The standard InChI is InChI=1S/C18H25N5OS/c1-12-15(16(24)20-21-17(25)19-18(3,4)5)13(2)23(22-12)11-14-9-7-6-8-10-14/h6-10H,11H2,1-5H3,(H,20,24)(H2,19,21,25). The molecule has 2 rings (SSSR count). The summed E-state index contributed by atoms with van der Waals surface area (Å²) in [6.07, 6.45) is 0. The Morgan fingerprint density at radius 2 is 1.80 bits per heavy atom. The third-order valence-electron chi connectivity index (χ3n) is 3.56. The van der Waals surface area contributed by atoms with Crippen LogP contribution in [0.2, 0.25) is 0 Å². The molecular weight excluding hydrogens is 334 g/mol. The quantitative estimate of drug-likeness (QED) is 0.580. The first-order chi connectivity index (χ1) is 11.7. The number of hydrazine groups is 1. The van der Waals surface area contributed by atoms with Gasteiger partial charge in [-0.1, -0.05) is 30.3 Å². The van der Waals surface area contributed by atoms with E-state index in [0.717, 1.165) is 11.3 Å². The van der Waals surface area contributed by atoms with Crippen LogP contribution in [0, 0.1) is 13.8 Å². The summed E-state index contributed by atoms with van der Waals surface area (Å²) in [6.45, 7) is 10.3. The molecule has 0 saturated heterocycles. The van der Waals surface area contributed by atoms with Gasteiger partial charge in [0, 0.05) is 11.2 Å². The van der Waals surface area contributed by atoms with Crippen LogP contribution in [-0.2, 0) is 6.54 Å². The van der Waals surface area contributed by atoms with Crippen LogP contribution in [0.15, 0.2) is 30.3 Å². The van der Waals surface area contributed by atoms with Gasteiger partial charge in [0.15, 0.2) is 5.11 Å². The highest BCUT2D eigenvalue weighted by Gasteiger charge is 2.19. The Labute approximate surface area is 154 Å². The van der Waals surface area contributed by atoms with Crippen molar-refractivity contribution in [1.29, 1.82) is 0 Å². The zero-order chi connectivity index (χ0) is 18.6. The fourth-order valence-corrected chi connectivity index (χ4v) is 2.84. The van der Waals surface area contributed by atoms with Crippen LogP contribution >= 0.6 is 12.2 Å². The summed E-state index contributed by atoms with van der Waals surface area (Å²) in [5.41, 5.74) is 8.38. The molecule has 1 heterocycles. The number of hydrogen-bond acceptors (Lipinski definition) is 3. The van der Waals surface area contributed by atoms with Crippen molar-refractivity contribution in [1.82, 2.24) is 25.9 Å². The van der Waals surface area contributed by atoms with Crippen LogP contribution in [0.1, 0.15) is 48.1 Å². The van der Waals surface area contributed by atoms with Crippen molar-refractivity contribution in [2.75, 3.05) is 0 Å². The minimum Gasteiger partial charge on any atom is -0.357 e. The Kier molecular flexibility index (Phi) is 5.79. The van der Waals surface area contributed by atoms with Crippen LogP contribution in [0.4, 0.5) is 0 Å². The Balaban J connectivity index is 2.06. The molecule has 0 atom stereocenters. The highest BCUT2D eigenvalue weighted by molar-refractivity contribution is 7.80. The molecule has 2 aromatic rings. The molecule has 3 N–H and O–H groups in total. The zero-order valence-electron chi connectivity index (χ0n) is 15.3. The first kappa shape index (κ1) is 18.9. The molecular formula is C18H25N5OS. The molecule has 7 heteroatoms. The maximum absolute atomic E-state index is 12.5. The Bertz CT molecular complexity index is 762. The van der Waals surface area contributed by atoms with E-state index in [1.54, 1.807) is 0 Å². The molecule has 1 aromatic carbocycles. The number of amides is 1. The summed E-state index contributed by atoms with van der Waals surface area (Å²) in [5, 5.41) is 7.94. The van der Waals surface area contributed by atoms with Gasteiger partial charge in [0.25, 0.3) is 5.91 Å². The van der Waals surface area contributed by atoms with E-state index in [9.17, 15) is 4.79 Å². The molecule has 0 unspecified atom stereocenters. The van der Waals surface area contributed by atoms with E-state index >= 15 is 0 Å². The van der Waals surface area contributed by atoms with E-state index in [1.165, 1.54) is 0 Å². The van der Waals surface area contributed by atoms with E-state index in [4.69, 9.17) is 12.2 Å². The van der Waals surface area contributed by atoms with Crippen molar-refractivity contribution in [3.8, 4) is 0 Å². The molecule has 0 aliphatic rings. The molecule has 6 nitrogen and oxygen atoms in total. The highest BCUT2D eigenvalue weighted by atomic mass is 32.1. The highest BCUT2D eigenvalue weighted by Crippen LogP contribution is 2.14. The van der Waals surface area contributed by atoms with E-state index in [1.807, 2.05) is 69.6 Å². The summed E-state index contributed by atoms with van der Waals surface area (Å²) in [7, 11) is 0. The SMILES string of the molecule is Cc1nn(Cc2ccccc2)c(C)c1C(=O)NNC(=S)NC(C)(C)C. The maximum Gasteiger partial charge on any atom is 0.273 e. The van der Waals surface area contributed by atoms with Crippen molar-refractivity contribution < 1.29 is 4.79 Å². The third-order valence-corrected chi connectivity index (χ3v) is 3.77. The average Bonchev–Trinajstić information content (AvgIpc) is 2.78. The lowest BCUT2D eigenvalue weighted by molar-refractivity contribution is 0.0942. The summed E-state index contributed by atoms with van der Waals surface area (Å²) >= 11 is 5.17. The van der Waals surface area contributed by atoms with Gasteiger partial charge in [0.1, 0.15) is 0 Å². The van der Waals surface area contributed by atoms with Gasteiger partial charge < -0.3 is 5.32 Å². The van der Waals surface area contributed by atoms with Gasteiger partial charge >= 0.3 is 0 Å². The lowest BCUT2D eigenvalue weighted by Gasteiger charge is -2.23. The van der Waals surface area contributed by atoms with Crippen LogP contribution in [0.3, 0.4) is 0 Å². The number of aromatic nitrogens is 2. The number of nitrogens with one attached hydrogen (secondary N) is 3. The Morgan fingerprint density at radius 1 is 1.16 bits per heavy atom. The fourth-order valence-electron chi connectivity index (χ4n) is 2.48. The second-order valence-corrected chi connectivity index (χ2v) is 7.38. The minimum atomic E-state index is -0.257. The van der Waals surface area contributed by atoms with Crippen molar-refractivity contribution in [2.24, 2.45) is 0 Å². The number of carbonyl (C=O) groups excluding carboxylic acids is 1. The molecule has 25 heavy (non-hydrogen) atoms. The molecule has 0 radical (unpaired) electrons. The van der Waals surface area contributed by atoms with E-state index in [0.29, 0.717) is 22.9 Å². The van der Waals surface area contributed by atoms with Gasteiger partial charge in [-0.2, -0.15) is 5.10 Å². The normalized spacial score (nSPS) is 11.1. The number of aryl methyl sites for hydroxylation is 1. The van der Waals surface area contributed by atoms with E-state index in [-0.39, 0.29) is 11.4 Å². The molecule has 0 saturated carbocycles. The van der Waals surface area contributed by atoms with Gasteiger partial charge in [0.2, 0.25) is 0 Å². The molecule has 0 bridgehead atoms. The number of hydrogen-bond donors (Lipinski definition) is 3. The van der Waals surface area contributed by atoms with Crippen LogP contribution in [0.5, 0.6) is 0 Å². The molecule has 0 aliphatic carbocycles. The molecule has 0 spiro atoms. The van der Waals surface area contributed by atoms with Gasteiger partial charge in [-0.15, -0.1) is 0 Å². The number of thiocarbonyl (C=S) groups is 1. The number of rotatable bonds is 3. The van der Waals surface area contributed by atoms with Gasteiger partial charge in [-0.25, -0.2) is 0 Å². The summed E-state index contributed by atoms with van der Waals surface area (Å²) in [6, 6.07) is 10.0. The average molecular weight is 359 g/mol. The Morgan fingerprint density at radius 3 is 2.40 bits per heavy atom. The second kappa shape index (κ2) is 7.65. The summed E-state index contributed by atoms with van der Waals surface area (Å²) in [5.74, 6) is -0.257. The van der Waals surface area contributed by atoms with Crippen LogP contribution < -0.4 is 16.2 Å². The number of nitrogens with zero attached hydrogens (tertiary/aromatic N) is 2. The van der Waals surface area contributed by atoms with Gasteiger partial charge in [0.05, 0.1) is 17.8 Å². The lowest BCUT2D eigenvalue weighted by Crippen LogP contribution is -2.52. The predicted molar refractivity (Wildman–Crippen MR) is 103 cm³/mol. The molecule has 134 valence electrons. The zero-order valence-corrected chi connectivity index (χ0v) is 16.1. The second-order valence-electron chi connectivity index (χ2n) is 6.97. The van der Waals surface area contributed by atoms with Gasteiger partial charge in [-0.3, -0.25) is 20.3 Å². The first-order valence-electron chi connectivity index (χ1n) is 8.14. The molecule has 0 aliphatic heterocycles. The van der Waals surface area contributed by atoms with Crippen molar-refractivity contribution in [2.45, 2.75) is 46.7 Å². The Hall–Kier alpha value is -2.41. The van der Waals surface area contributed by atoms with Crippen molar-refractivity contribution in [3.05, 3.63) is 52.8 Å². The topological polar surface area (TPSA) is 71.0 Å². The number of benzene rings is 1. The van der Waals surface area contributed by atoms with Crippen LogP contribution in [-0.4, -0.2) is 26.3 Å². The number of carbonyl (C=O) groups is 1. The smallest absolute Gasteiger partial charge is 0.273 e. The monoisotopic (exact) mass is 359 g/mol. The minimum absolute atomic E-state index is 0.179. The molecule has 0 fully saturated rings. The maximum atomic E-state index is 12.5. The predicted octanol–water partition coefficient (Wildman–Crippen LogP) is 2.46. The summed E-state index contributed by atoms with van der Waals surface area (Å²) < 4.78 is 1.84. The van der Waals surface area contributed by atoms with Crippen molar-refractivity contribution in [3.63, 3.8) is 0 Å². The first-order valence-corrected chi connectivity index (χ1v) is 8.54. The largest absolute Gasteiger partial charge is 0.357 e. The van der Waals surface area contributed by atoms with Crippen molar-refractivity contribution >= 4 is 23.2 Å². The van der Waals surface area contributed by atoms with E-state index < -0.39 is 0 Å². The van der Waals surface area contributed by atoms with Crippen LogP contribution in [0.25, 0.3) is 0 Å². The van der Waals surface area contributed by atoms with Gasteiger partial charge in [-0.05, 0) is 52.4 Å². The summed E-state index contributed by atoms with van der Waals surface area (Å²) in [4.78, 5) is 12.5.